The van der Waals surface area contributed by atoms with Crippen molar-refractivity contribution in [1.29, 1.82) is 0 Å². The summed E-state index contributed by atoms with van der Waals surface area (Å²) in [5.74, 6) is 0. The van der Waals surface area contributed by atoms with Gasteiger partial charge in [-0.3, -0.25) is 4.79 Å². The van der Waals surface area contributed by atoms with Crippen molar-refractivity contribution in [1.82, 2.24) is 15.1 Å². The van der Waals surface area contributed by atoms with Crippen LogP contribution in [0.4, 0.5) is 5.69 Å². The Bertz CT molecular complexity index is 465. The predicted octanol–water partition coefficient (Wildman–Crippen LogP) is 0.714. The Kier molecular flexibility index (Phi) is 6.16. The predicted molar refractivity (Wildman–Crippen MR) is 81.4 cm³/mol. The largest absolute Gasteiger partial charge is 0.383 e. The van der Waals surface area contributed by atoms with Gasteiger partial charge >= 0.3 is 0 Å². The molecular weight excluding hydrogens is 256 g/mol. The highest BCUT2D eigenvalue weighted by Crippen LogP contribution is 2.06. The second-order valence-corrected chi connectivity index (χ2v) is 5.87. The lowest BCUT2D eigenvalue weighted by Crippen LogP contribution is -2.39. The Morgan fingerprint density at radius 2 is 2.15 bits per heavy atom. The molecule has 20 heavy (non-hydrogen) atoms. The summed E-state index contributed by atoms with van der Waals surface area (Å²) in [6, 6.07) is 1.61. The third-order valence-corrected chi connectivity index (χ3v) is 2.91. The molecule has 0 unspecified atom stereocenters. The molecule has 0 aliphatic heterocycles. The SMILES string of the molecule is COCCN(C)c1cnn(CCNC(C)(C)C)c(=O)c1. The molecule has 1 aromatic heterocycles. The van der Waals surface area contributed by atoms with Gasteiger partial charge in [0.2, 0.25) is 0 Å². The van der Waals surface area contributed by atoms with Crippen molar-refractivity contribution in [3.8, 4) is 0 Å². The van der Waals surface area contributed by atoms with Crippen molar-refractivity contribution < 1.29 is 4.74 Å². The molecule has 1 rings (SSSR count). The summed E-state index contributed by atoms with van der Waals surface area (Å²) in [7, 11) is 3.58. The lowest BCUT2D eigenvalue weighted by Gasteiger charge is -2.21. The van der Waals surface area contributed by atoms with Gasteiger partial charge in [0.15, 0.2) is 0 Å². The first kappa shape index (κ1) is 16.7. The Morgan fingerprint density at radius 3 is 2.70 bits per heavy atom. The maximum Gasteiger partial charge on any atom is 0.268 e. The minimum atomic E-state index is -0.0810. The van der Waals surface area contributed by atoms with Crippen LogP contribution in [-0.2, 0) is 11.3 Å². The van der Waals surface area contributed by atoms with Crippen molar-refractivity contribution in [2.75, 3.05) is 38.8 Å². The highest BCUT2D eigenvalue weighted by Gasteiger charge is 2.09. The van der Waals surface area contributed by atoms with E-state index in [9.17, 15) is 4.79 Å². The first-order chi connectivity index (χ1) is 9.33. The normalized spacial score (nSPS) is 11.7. The van der Waals surface area contributed by atoms with Crippen LogP contribution in [0.2, 0.25) is 0 Å². The number of nitrogens with one attached hydrogen (secondary N) is 1. The molecule has 0 radical (unpaired) electrons. The van der Waals surface area contributed by atoms with E-state index in [1.165, 1.54) is 4.68 Å². The van der Waals surface area contributed by atoms with E-state index in [1.807, 2.05) is 11.9 Å². The zero-order valence-electron chi connectivity index (χ0n) is 13.1. The van der Waals surface area contributed by atoms with Crippen LogP contribution in [0.25, 0.3) is 0 Å². The number of nitrogens with zero attached hydrogens (tertiary/aromatic N) is 3. The topological polar surface area (TPSA) is 59.4 Å². The molecule has 114 valence electrons. The van der Waals surface area contributed by atoms with Gasteiger partial charge in [0, 0.05) is 38.9 Å². The van der Waals surface area contributed by atoms with E-state index in [-0.39, 0.29) is 11.1 Å². The van der Waals surface area contributed by atoms with Crippen LogP contribution in [0, 0.1) is 0 Å². The molecule has 0 atom stereocenters. The van der Waals surface area contributed by atoms with Gasteiger partial charge in [-0.1, -0.05) is 0 Å². The minimum absolute atomic E-state index is 0.0456. The van der Waals surface area contributed by atoms with Gasteiger partial charge in [0.05, 0.1) is 25.0 Å². The number of anilines is 1. The average Bonchev–Trinajstić information content (AvgIpc) is 2.36. The van der Waals surface area contributed by atoms with Crippen LogP contribution in [0.1, 0.15) is 20.8 Å². The summed E-state index contributed by atoms with van der Waals surface area (Å²) in [4.78, 5) is 13.9. The fourth-order valence-electron chi connectivity index (χ4n) is 1.69. The van der Waals surface area contributed by atoms with Gasteiger partial charge in [0.25, 0.3) is 5.56 Å². The lowest BCUT2D eigenvalue weighted by atomic mass is 10.1. The van der Waals surface area contributed by atoms with E-state index < -0.39 is 0 Å². The molecule has 0 saturated heterocycles. The Balaban J connectivity index is 2.62. The third-order valence-electron chi connectivity index (χ3n) is 2.91. The smallest absolute Gasteiger partial charge is 0.268 e. The monoisotopic (exact) mass is 282 g/mol. The van der Waals surface area contributed by atoms with Crippen LogP contribution in [0.3, 0.4) is 0 Å². The van der Waals surface area contributed by atoms with Crippen LogP contribution >= 0.6 is 0 Å². The van der Waals surface area contributed by atoms with Gasteiger partial charge in [-0.2, -0.15) is 5.10 Å². The number of methoxy groups -OCH3 is 1. The molecule has 1 heterocycles. The zero-order valence-corrected chi connectivity index (χ0v) is 13.1. The molecule has 0 spiro atoms. The minimum Gasteiger partial charge on any atom is -0.383 e. The van der Waals surface area contributed by atoms with E-state index in [2.05, 4.69) is 31.2 Å². The molecule has 6 heteroatoms. The second kappa shape index (κ2) is 7.40. The summed E-state index contributed by atoms with van der Waals surface area (Å²) in [5, 5.41) is 7.54. The molecular formula is C14H26N4O2. The number of likely N-dealkylation sites (N-methyl/N-ethyl adjacent to an activating group) is 1. The molecule has 0 aliphatic carbocycles. The molecule has 6 nitrogen and oxygen atoms in total. The summed E-state index contributed by atoms with van der Waals surface area (Å²) >= 11 is 0. The average molecular weight is 282 g/mol. The Morgan fingerprint density at radius 1 is 1.45 bits per heavy atom. The Hall–Kier alpha value is -1.40. The molecule has 1 aromatic rings. The number of ether oxygens (including phenoxy) is 1. The first-order valence-corrected chi connectivity index (χ1v) is 6.86. The summed E-state index contributed by atoms with van der Waals surface area (Å²) in [5.41, 5.74) is 0.777. The number of rotatable bonds is 7. The van der Waals surface area contributed by atoms with Crippen molar-refractivity contribution in [3.63, 3.8) is 0 Å². The Labute approximate surface area is 120 Å². The fourth-order valence-corrected chi connectivity index (χ4v) is 1.69. The van der Waals surface area contributed by atoms with Crippen LogP contribution < -0.4 is 15.8 Å². The molecule has 0 aliphatic rings. The van der Waals surface area contributed by atoms with Gasteiger partial charge in [-0.05, 0) is 20.8 Å². The molecule has 0 amide bonds. The van der Waals surface area contributed by atoms with Gasteiger partial charge in [-0.25, -0.2) is 4.68 Å². The second-order valence-electron chi connectivity index (χ2n) is 5.87. The maximum absolute atomic E-state index is 12.0. The number of aromatic nitrogens is 2. The van der Waals surface area contributed by atoms with Gasteiger partial charge < -0.3 is 15.0 Å². The van der Waals surface area contributed by atoms with E-state index in [0.29, 0.717) is 13.2 Å². The lowest BCUT2D eigenvalue weighted by molar-refractivity contribution is 0.206. The van der Waals surface area contributed by atoms with Crippen molar-refractivity contribution >= 4 is 5.69 Å². The van der Waals surface area contributed by atoms with E-state index in [0.717, 1.165) is 18.8 Å². The fraction of sp³-hybridized carbons (Fsp3) is 0.714. The van der Waals surface area contributed by atoms with Crippen LogP contribution in [0.15, 0.2) is 17.1 Å². The third kappa shape index (κ3) is 5.71. The maximum atomic E-state index is 12.0. The summed E-state index contributed by atoms with van der Waals surface area (Å²) in [6.45, 7) is 8.92. The van der Waals surface area contributed by atoms with E-state index >= 15 is 0 Å². The van der Waals surface area contributed by atoms with Crippen LogP contribution in [-0.4, -0.2) is 49.2 Å². The summed E-state index contributed by atoms with van der Waals surface area (Å²) < 4.78 is 6.50. The molecule has 1 N–H and O–H groups in total. The van der Waals surface area contributed by atoms with E-state index in [1.54, 1.807) is 19.4 Å². The quantitative estimate of drug-likeness (QED) is 0.798. The molecule has 0 fully saturated rings. The first-order valence-electron chi connectivity index (χ1n) is 6.86. The molecule has 0 saturated carbocycles. The highest BCUT2D eigenvalue weighted by atomic mass is 16.5. The molecule has 0 bridgehead atoms. The van der Waals surface area contributed by atoms with Crippen LogP contribution in [0.5, 0.6) is 0 Å². The van der Waals surface area contributed by atoms with Crippen molar-refractivity contribution in [3.05, 3.63) is 22.6 Å². The standard InChI is InChI=1S/C14H26N4O2/c1-14(2,3)15-6-7-18-13(19)10-12(11-16-18)17(4)8-9-20-5/h10-11,15H,6-9H2,1-5H3. The van der Waals surface area contributed by atoms with Crippen molar-refractivity contribution in [2.24, 2.45) is 0 Å². The van der Waals surface area contributed by atoms with Crippen molar-refractivity contribution in [2.45, 2.75) is 32.9 Å². The van der Waals surface area contributed by atoms with Gasteiger partial charge in [0.1, 0.15) is 0 Å². The zero-order chi connectivity index (χ0) is 15.2. The molecule has 0 aromatic carbocycles. The highest BCUT2D eigenvalue weighted by molar-refractivity contribution is 5.41. The van der Waals surface area contributed by atoms with Gasteiger partial charge in [-0.15, -0.1) is 0 Å². The van der Waals surface area contributed by atoms with E-state index in [4.69, 9.17) is 4.74 Å². The number of hydrogen-bond donors (Lipinski definition) is 1. The number of hydrogen-bond acceptors (Lipinski definition) is 5. The summed E-state index contributed by atoms with van der Waals surface area (Å²) in [6.07, 6.45) is 1.72.